The van der Waals surface area contributed by atoms with Gasteiger partial charge in [0.1, 0.15) is 11.2 Å². The maximum absolute atomic E-state index is 13.1. The van der Waals surface area contributed by atoms with E-state index >= 15 is 0 Å². The molecular weight excluding hydrogens is 455 g/mol. The Hall–Kier alpha value is -1.63. The average molecular weight is 483 g/mol. The lowest BCUT2D eigenvalue weighted by atomic mass is 9.69. The molecule has 0 saturated heterocycles. The van der Waals surface area contributed by atoms with Gasteiger partial charge in [0.05, 0.1) is 27.8 Å². The Bertz CT molecular complexity index is 1030. The molecule has 31 heavy (non-hydrogen) atoms. The molecule has 3 N–H and O–H groups in total. The van der Waals surface area contributed by atoms with Crippen LogP contribution in [0.5, 0.6) is 11.5 Å². The van der Waals surface area contributed by atoms with Gasteiger partial charge in [-0.15, -0.1) is 11.3 Å². The SMILES string of the molecule is CCOc1cc(Cl)c(Cl)c([C@@H]2NC(=O)c3c(sc4c3CC[C@@H](C(C)(C)CC)C4)N2)c1O. The molecule has 0 fully saturated rings. The molecule has 5 nitrogen and oxygen atoms in total. The summed E-state index contributed by atoms with van der Waals surface area (Å²) in [7, 11) is 0. The first-order chi connectivity index (χ1) is 14.7. The molecule has 2 aliphatic rings. The molecule has 2 aromatic rings. The molecule has 1 aromatic carbocycles. The normalized spacial score (nSPS) is 20.5. The van der Waals surface area contributed by atoms with Crippen molar-refractivity contribution in [2.75, 3.05) is 11.9 Å². The molecular formula is C23H28Cl2N2O3S. The Kier molecular flexibility index (Phi) is 6.10. The molecule has 0 spiro atoms. The summed E-state index contributed by atoms with van der Waals surface area (Å²) in [5, 5.41) is 18.4. The average Bonchev–Trinajstić information content (AvgIpc) is 3.10. The molecule has 1 aliphatic carbocycles. The van der Waals surface area contributed by atoms with E-state index in [9.17, 15) is 9.90 Å². The zero-order valence-corrected chi connectivity index (χ0v) is 20.5. The van der Waals surface area contributed by atoms with Crippen molar-refractivity contribution in [2.24, 2.45) is 11.3 Å². The van der Waals surface area contributed by atoms with E-state index in [0.717, 1.165) is 41.8 Å². The second-order valence-electron chi connectivity index (χ2n) is 8.91. The Morgan fingerprint density at radius 3 is 2.71 bits per heavy atom. The number of rotatable bonds is 5. The Balaban J connectivity index is 1.69. The van der Waals surface area contributed by atoms with Gasteiger partial charge in [0.25, 0.3) is 5.91 Å². The summed E-state index contributed by atoms with van der Waals surface area (Å²) in [6.07, 6.45) is 3.42. The van der Waals surface area contributed by atoms with Crippen molar-refractivity contribution in [2.45, 2.75) is 59.5 Å². The zero-order valence-electron chi connectivity index (χ0n) is 18.2. The van der Waals surface area contributed by atoms with Gasteiger partial charge < -0.3 is 20.5 Å². The van der Waals surface area contributed by atoms with Gasteiger partial charge in [0.15, 0.2) is 11.5 Å². The molecule has 1 amide bonds. The van der Waals surface area contributed by atoms with Crippen LogP contribution in [0.2, 0.25) is 10.0 Å². The highest BCUT2D eigenvalue weighted by Gasteiger charge is 2.38. The van der Waals surface area contributed by atoms with Crippen molar-refractivity contribution in [3.63, 3.8) is 0 Å². The van der Waals surface area contributed by atoms with E-state index in [1.807, 2.05) is 6.92 Å². The molecule has 0 bridgehead atoms. The Labute approximate surface area is 197 Å². The lowest BCUT2D eigenvalue weighted by Gasteiger charge is -2.36. The first kappa shape index (κ1) is 22.6. The Morgan fingerprint density at radius 1 is 1.29 bits per heavy atom. The first-order valence-corrected chi connectivity index (χ1v) is 12.3. The van der Waals surface area contributed by atoms with Gasteiger partial charge in [-0.05, 0) is 43.1 Å². The van der Waals surface area contributed by atoms with E-state index in [0.29, 0.717) is 18.1 Å². The molecule has 0 unspecified atom stereocenters. The minimum atomic E-state index is -0.701. The van der Waals surface area contributed by atoms with E-state index < -0.39 is 6.17 Å². The van der Waals surface area contributed by atoms with E-state index in [1.54, 1.807) is 11.3 Å². The summed E-state index contributed by atoms with van der Waals surface area (Å²) in [5.41, 5.74) is 2.47. The van der Waals surface area contributed by atoms with Gasteiger partial charge in [0.2, 0.25) is 0 Å². The van der Waals surface area contributed by atoms with E-state index in [2.05, 4.69) is 31.4 Å². The number of halogens is 2. The number of carbonyl (C=O) groups excluding carboxylic acids is 1. The van der Waals surface area contributed by atoms with Crippen LogP contribution >= 0.6 is 34.5 Å². The molecule has 2 heterocycles. The highest BCUT2D eigenvalue weighted by molar-refractivity contribution is 7.16. The van der Waals surface area contributed by atoms with Crippen LogP contribution in [0.1, 0.15) is 73.1 Å². The first-order valence-electron chi connectivity index (χ1n) is 10.7. The van der Waals surface area contributed by atoms with Gasteiger partial charge in [-0.3, -0.25) is 4.79 Å². The number of phenolic OH excluding ortho intramolecular Hbond substituents is 1. The van der Waals surface area contributed by atoms with Crippen LogP contribution in [0.3, 0.4) is 0 Å². The monoisotopic (exact) mass is 482 g/mol. The van der Waals surface area contributed by atoms with Crippen LogP contribution in [-0.2, 0) is 12.8 Å². The zero-order chi connectivity index (χ0) is 22.5. The number of aromatic hydroxyl groups is 1. The molecule has 2 atom stereocenters. The second-order valence-corrected chi connectivity index (χ2v) is 10.8. The number of ether oxygens (including phenoxy) is 1. The number of anilines is 1. The highest BCUT2D eigenvalue weighted by Crippen LogP contribution is 2.49. The summed E-state index contributed by atoms with van der Waals surface area (Å²) in [4.78, 5) is 14.4. The second kappa shape index (κ2) is 8.38. The predicted octanol–water partition coefficient (Wildman–Crippen LogP) is 6.55. The number of amides is 1. The summed E-state index contributed by atoms with van der Waals surface area (Å²) in [5.74, 6) is 0.564. The smallest absolute Gasteiger partial charge is 0.256 e. The van der Waals surface area contributed by atoms with Crippen LogP contribution in [0.25, 0.3) is 0 Å². The van der Waals surface area contributed by atoms with Gasteiger partial charge in [0, 0.05) is 10.9 Å². The number of nitrogens with one attached hydrogen (secondary N) is 2. The summed E-state index contributed by atoms with van der Waals surface area (Å²) < 4.78 is 5.49. The fourth-order valence-electron chi connectivity index (χ4n) is 4.54. The third kappa shape index (κ3) is 3.87. The van der Waals surface area contributed by atoms with E-state index in [1.165, 1.54) is 10.9 Å². The Morgan fingerprint density at radius 2 is 2.03 bits per heavy atom. The summed E-state index contributed by atoms with van der Waals surface area (Å²) >= 11 is 14.3. The number of fused-ring (bicyclic) bond motifs is 3. The topological polar surface area (TPSA) is 70.6 Å². The van der Waals surface area contributed by atoms with Crippen molar-refractivity contribution >= 4 is 45.4 Å². The number of carbonyl (C=O) groups is 1. The highest BCUT2D eigenvalue weighted by atomic mass is 35.5. The van der Waals surface area contributed by atoms with Gasteiger partial charge in [-0.1, -0.05) is 50.4 Å². The van der Waals surface area contributed by atoms with Gasteiger partial charge in [-0.25, -0.2) is 0 Å². The van der Waals surface area contributed by atoms with Crippen LogP contribution in [0.4, 0.5) is 5.00 Å². The van der Waals surface area contributed by atoms with Gasteiger partial charge in [-0.2, -0.15) is 0 Å². The lowest BCUT2D eigenvalue weighted by molar-refractivity contribution is 0.0934. The third-order valence-corrected chi connectivity index (χ3v) is 8.83. The quantitative estimate of drug-likeness (QED) is 0.451. The lowest BCUT2D eigenvalue weighted by Crippen LogP contribution is -2.38. The summed E-state index contributed by atoms with van der Waals surface area (Å²) in [6, 6.07) is 1.49. The number of phenols is 1. The van der Waals surface area contributed by atoms with Crippen LogP contribution in [-0.4, -0.2) is 17.6 Å². The fourth-order valence-corrected chi connectivity index (χ4v) is 6.35. The van der Waals surface area contributed by atoms with Crippen molar-refractivity contribution in [1.29, 1.82) is 0 Å². The molecule has 0 radical (unpaired) electrons. The molecule has 4 rings (SSSR count). The van der Waals surface area contributed by atoms with E-state index in [-0.39, 0.29) is 32.9 Å². The van der Waals surface area contributed by atoms with E-state index in [4.69, 9.17) is 27.9 Å². The molecule has 1 aliphatic heterocycles. The standard InChI is InChI=1S/C23H28Cl2N2O3S/c1-5-23(3,4)11-7-8-12-15(9-11)31-22-16(12)21(29)26-20(27-22)17-18(25)13(24)10-14(19(17)28)30-6-2/h10-11,20,27-28H,5-9H2,1-4H3,(H,26,29)/t11-,20-/m1/s1. The maximum Gasteiger partial charge on any atom is 0.256 e. The third-order valence-electron chi connectivity index (χ3n) is 6.84. The minimum Gasteiger partial charge on any atom is -0.504 e. The number of thiophene rings is 1. The van der Waals surface area contributed by atoms with Gasteiger partial charge >= 0.3 is 0 Å². The molecule has 168 valence electrons. The molecule has 1 aromatic heterocycles. The maximum atomic E-state index is 13.1. The number of benzene rings is 1. The largest absolute Gasteiger partial charge is 0.504 e. The summed E-state index contributed by atoms with van der Waals surface area (Å²) in [6.45, 7) is 9.09. The van der Waals surface area contributed by atoms with Crippen LogP contribution in [0, 0.1) is 11.3 Å². The van der Waals surface area contributed by atoms with Crippen molar-refractivity contribution < 1.29 is 14.6 Å². The number of hydrogen-bond donors (Lipinski definition) is 3. The number of hydrogen-bond acceptors (Lipinski definition) is 5. The van der Waals surface area contributed by atoms with Crippen molar-refractivity contribution in [3.05, 3.63) is 37.7 Å². The molecule has 8 heteroatoms. The molecule has 0 saturated carbocycles. The van der Waals surface area contributed by atoms with Crippen molar-refractivity contribution in [1.82, 2.24) is 5.32 Å². The predicted molar refractivity (Wildman–Crippen MR) is 127 cm³/mol. The van der Waals surface area contributed by atoms with Crippen molar-refractivity contribution in [3.8, 4) is 11.5 Å². The van der Waals surface area contributed by atoms with Crippen LogP contribution in [0.15, 0.2) is 6.07 Å². The fraction of sp³-hybridized carbons (Fsp3) is 0.522. The van der Waals surface area contributed by atoms with Crippen LogP contribution < -0.4 is 15.4 Å². The minimum absolute atomic E-state index is 0.122.